The van der Waals surface area contributed by atoms with Crippen LogP contribution in [0, 0.1) is 0 Å². The number of primary amides is 1. The largest absolute Gasteiger partial charge is 0.493 e. The molecule has 3 rings (SSSR count). The number of benzene rings is 2. The quantitative estimate of drug-likeness (QED) is 0.502. The SMILES string of the molecule is COc1ccc(C(CNC(=O)c2ccc(OCC(N)=O)c(OC)c2)N2CCOCC2)cc1OC. The molecule has 10 nitrogen and oxygen atoms in total. The highest BCUT2D eigenvalue weighted by molar-refractivity contribution is 5.95. The molecule has 2 amide bonds. The molecule has 3 N–H and O–H groups in total. The van der Waals surface area contributed by atoms with Crippen molar-refractivity contribution < 1.29 is 33.3 Å². The minimum atomic E-state index is -0.604. The van der Waals surface area contributed by atoms with E-state index in [1.807, 2.05) is 18.2 Å². The first-order chi connectivity index (χ1) is 16.5. The van der Waals surface area contributed by atoms with Crippen molar-refractivity contribution in [1.82, 2.24) is 10.2 Å². The lowest BCUT2D eigenvalue weighted by atomic mass is 10.0. The fourth-order valence-corrected chi connectivity index (χ4v) is 3.78. The van der Waals surface area contributed by atoms with Crippen LogP contribution in [0.3, 0.4) is 0 Å². The minimum absolute atomic E-state index is 0.0901. The van der Waals surface area contributed by atoms with Gasteiger partial charge in [-0.05, 0) is 35.9 Å². The van der Waals surface area contributed by atoms with Gasteiger partial charge in [0.2, 0.25) is 0 Å². The van der Waals surface area contributed by atoms with Gasteiger partial charge in [0.1, 0.15) is 0 Å². The Morgan fingerprint density at radius 2 is 1.62 bits per heavy atom. The lowest BCUT2D eigenvalue weighted by Gasteiger charge is -2.35. The highest BCUT2D eigenvalue weighted by Crippen LogP contribution is 2.32. The molecular weight excluding hydrogens is 442 g/mol. The Labute approximate surface area is 198 Å². The standard InChI is InChI=1S/C24H31N3O7/c1-30-19-6-4-16(12-21(19)31-2)18(27-8-10-33-11-9-27)14-26-24(29)17-5-7-20(22(13-17)32-3)34-15-23(25)28/h4-7,12-13,18H,8-11,14-15H2,1-3H3,(H2,25,28)(H,26,29). The van der Waals surface area contributed by atoms with Crippen LogP contribution in [0.1, 0.15) is 22.0 Å². The van der Waals surface area contributed by atoms with Gasteiger partial charge in [0.15, 0.2) is 29.6 Å². The van der Waals surface area contributed by atoms with E-state index in [0.717, 1.165) is 18.7 Å². The maximum Gasteiger partial charge on any atom is 0.255 e. The summed E-state index contributed by atoms with van der Waals surface area (Å²) >= 11 is 0. The molecule has 1 heterocycles. The first kappa shape index (κ1) is 25.1. The van der Waals surface area contributed by atoms with Crippen molar-refractivity contribution in [3.63, 3.8) is 0 Å². The maximum atomic E-state index is 13.0. The first-order valence-electron chi connectivity index (χ1n) is 10.9. The van der Waals surface area contributed by atoms with E-state index in [-0.39, 0.29) is 18.6 Å². The smallest absolute Gasteiger partial charge is 0.255 e. The van der Waals surface area contributed by atoms with E-state index in [1.54, 1.807) is 32.4 Å². The molecule has 34 heavy (non-hydrogen) atoms. The molecule has 0 aliphatic carbocycles. The zero-order chi connectivity index (χ0) is 24.5. The lowest BCUT2D eigenvalue weighted by Crippen LogP contribution is -2.43. The number of amides is 2. The Hall–Kier alpha value is -3.50. The van der Waals surface area contributed by atoms with E-state index in [9.17, 15) is 9.59 Å². The number of ether oxygens (including phenoxy) is 5. The molecule has 0 bridgehead atoms. The molecule has 0 spiro atoms. The van der Waals surface area contributed by atoms with Crippen molar-refractivity contribution in [3.8, 4) is 23.0 Å². The average Bonchev–Trinajstić information content (AvgIpc) is 2.87. The molecule has 0 aromatic heterocycles. The normalized spacial score (nSPS) is 14.7. The van der Waals surface area contributed by atoms with Crippen LogP contribution in [0.4, 0.5) is 0 Å². The van der Waals surface area contributed by atoms with Gasteiger partial charge in [-0.2, -0.15) is 0 Å². The third kappa shape index (κ3) is 6.30. The number of hydrogen-bond donors (Lipinski definition) is 2. The number of carbonyl (C=O) groups is 2. The number of methoxy groups -OCH3 is 3. The van der Waals surface area contributed by atoms with E-state index < -0.39 is 5.91 Å². The Balaban J connectivity index is 1.77. The monoisotopic (exact) mass is 473 g/mol. The van der Waals surface area contributed by atoms with Gasteiger partial charge >= 0.3 is 0 Å². The molecular formula is C24H31N3O7. The van der Waals surface area contributed by atoms with Crippen LogP contribution >= 0.6 is 0 Å². The van der Waals surface area contributed by atoms with Crippen LogP contribution in [0.15, 0.2) is 36.4 Å². The van der Waals surface area contributed by atoms with Gasteiger partial charge in [-0.15, -0.1) is 0 Å². The van der Waals surface area contributed by atoms with Gasteiger partial charge in [0, 0.05) is 25.2 Å². The Morgan fingerprint density at radius 3 is 2.26 bits per heavy atom. The molecule has 1 saturated heterocycles. The van der Waals surface area contributed by atoms with Crippen molar-refractivity contribution in [2.24, 2.45) is 5.73 Å². The van der Waals surface area contributed by atoms with Crippen LogP contribution in [0.5, 0.6) is 23.0 Å². The summed E-state index contributed by atoms with van der Waals surface area (Å²) in [5.41, 5.74) is 6.52. The molecule has 0 saturated carbocycles. The highest BCUT2D eigenvalue weighted by Gasteiger charge is 2.25. The van der Waals surface area contributed by atoms with Gasteiger partial charge in [-0.1, -0.05) is 6.07 Å². The van der Waals surface area contributed by atoms with Gasteiger partial charge < -0.3 is 34.7 Å². The summed E-state index contributed by atoms with van der Waals surface area (Å²) in [7, 11) is 4.65. The highest BCUT2D eigenvalue weighted by atomic mass is 16.5. The zero-order valence-electron chi connectivity index (χ0n) is 19.7. The Bertz CT molecular complexity index is 993. The van der Waals surface area contributed by atoms with Crippen LogP contribution in [-0.2, 0) is 9.53 Å². The summed E-state index contributed by atoms with van der Waals surface area (Å²) in [4.78, 5) is 26.2. The number of nitrogens with one attached hydrogen (secondary N) is 1. The molecule has 1 aliphatic rings. The van der Waals surface area contributed by atoms with Crippen LogP contribution in [-0.4, -0.2) is 77.5 Å². The number of nitrogens with zero attached hydrogens (tertiary/aromatic N) is 1. The molecule has 2 aromatic carbocycles. The predicted octanol–water partition coefficient (Wildman–Crippen LogP) is 1.38. The summed E-state index contributed by atoms with van der Waals surface area (Å²) < 4.78 is 27.0. The third-order valence-corrected chi connectivity index (χ3v) is 5.53. The van der Waals surface area contributed by atoms with Crippen molar-refractivity contribution >= 4 is 11.8 Å². The summed E-state index contributed by atoms with van der Waals surface area (Å²) in [6, 6.07) is 10.4. The van der Waals surface area contributed by atoms with E-state index in [2.05, 4.69) is 10.2 Å². The topological polar surface area (TPSA) is 122 Å². The number of rotatable bonds is 11. The number of carbonyl (C=O) groups excluding carboxylic acids is 2. The van der Waals surface area contributed by atoms with E-state index in [4.69, 9.17) is 29.4 Å². The van der Waals surface area contributed by atoms with Gasteiger partial charge in [0.25, 0.3) is 11.8 Å². The molecule has 2 aromatic rings. The van der Waals surface area contributed by atoms with Crippen molar-refractivity contribution in [1.29, 1.82) is 0 Å². The molecule has 1 fully saturated rings. The third-order valence-electron chi connectivity index (χ3n) is 5.53. The Morgan fingerprint density at radius 1 is 0.971 bits per heavy atom. The minimum Gasteiger partial charge on any atom is -0.493 e. The molecule has 1 aliphatic heterocycles. The van der Waals surface area contributed by atoms with Crippen LogP contribution < -0.4 is 30.0 Å². The zero-order valence-corrected chi connectivity index (χ0v) is 19.7. The number of nitrogens with two attached hydrogens (primary N) is 1. The maximum absolute atomic E-state index is 13.0. The van der Waals surface area contributed by atoms with Crippen LogP contribution in [0.2, 0.25) is 0 Å². The lowest BCUT2D eigenvalue weighted by molar-refractivity contribution is -0.119. The molecule has 1 atom stereocenters. The van der Waals surface area contributed by atoms with E-state index in [0.29, 0.717) is 48.3 Å². The predicted molar refractivity (Wildman–Crippen MR) is 125 cm³/mol. The first-order valence-corrected chi connectivity index (χ1v) is 10.9. The fraction of sp³-hybridized carbons (Fsp3) is 0.417. The molecule has 0 radical (unpaired) electrons. The summed E-state index contributed by atoms with van der Waals surface area (Å²) in [6.07, 6.45) is 0. The molecule has 10 heteroatoms. The summed E-state index contributed by atoms with van der Waals surface area (Å²) in [5, 5.41) is 3.02. The molecule has 184 valence electrons. The number of morpholine rings is 1. The second-order valence-corrected chi connectivity index (χ2v) is 7.61. The second-order valence-electron chi connectivity index (χ2n) is 7.61. The second kappa shape index (κ2) is 12.1. The average molecular weight is 474 g/mol. The van der Waals surface area contributed by atoms with Gasteiger partial charge in [-0.25, -0.2) is 0 Å². The van der Waals surface area contributed by atoms with Gasteiger partial charge in [-0.3, -0.25) is 14.5 Å². The van der Waals surface area contributed by atoms with Crippen molar-refractivity contribution in [2.45, 2.75) is 6.04 Å². The van der Waals surface area contributed by atoms with E-state index >= 15 is 0 Å². The summed E-state index contributed by atoms with van der Waals surface area (Å²) in [5.74, 6) is 1.06. The van der Waals surface area contributed by atoms with Crippen molar-refractivity contribution in [2.75, 3.05) is 60.8 Å². The Kier molecular flexibility index (Phi) is 8.94. The van der Waals surface area contributed by atoms with Gasteiger partial charge in [0.05, 0.1) is 40.6 Å². The van der Waals surface area contributed by atoms with Crippen LogP contribution in [0.25, 0.3) is 0 Å². The summed E-state index contributed by atoms with van der Waals surface area (Å²) in [6.45, 7) is 2.83. The van der Waals surface area contributed by atoms with Crippen molar-refractivity contribution in [3.05, 3.63) is 47.5 Å². The number of hydrogen-bond acceptors (Lipinski definition) is 8. The van der Waals surface area contributed by atoms with E-state index in [1.165, 1.54) is 7.11 Å². The molecule has 1 unspecified atom stereocenters. The fourth-order valence-electron chi connectivity index (χ4n) is 3.78.